The van der Waals surface area contributed by atoms with E-state index < -0.39 is 0 Å². The summed E-state index contributed by atoms with van der Waals surface area (Å²) in [6.45, 7) is 9.53. The summed E-state index contributed by atoms with van der Waals surface area (Å²) < 4.78 is 0.321. The number of nitrogens with two attached hydrogens (primary N) is 1. The first-order chi connectivity index (χ1) is 8.78. The predicted octanol–water partition coefficient (Wildman–Crippen LogP) is 3.05. The van der Waals surface area contributed by atoms with Gasteiger partial charge in [0.25, 0.3) is 0 Å². The van der Waals surface area contributed by atoms with Gasteiger partial charge in [-0.25, -0.2) is 9.97 Å². The number of anilines is 2. The van der Waals surface area contributed by atoms with E-state index in [1.165, 1.54) is 18.6 Å². The van der Waals surface area contributed by atoms with Crippen LogP contribution in [0.1, 0.15) is 46.4 Å². The summed E-state index contributed by atoms with van der Waals surface area (Å²) >= 11 is 2.04. The highest BCUT2D eigenvalue weighted by Gasteiger charge is 2.29. The fourth-order valence-electron chi connectivity index (χ4n) is 2.15. The number of thioether (sulfide) groups is 1. The van der Waals surface area contributed by atoms with Crippen molar-refractivity contribution in [2.45, 2.75) is 50.7 Å². The molecule has 5 heteroatoms. The van der Waals surface area contributed by atoms with Gasteiger partial charge in [-0.1, -0.05) is 20.8 Å². The van der Waals surface area contributed by atoms with Crippen LogP contribution in [0.3, 0.4) is 0 Å². The lowest BCUT2D eigenvalue weighted by molar-refractivity contribution is 0.546. The second kappa shape index (κ2) is 5.19. The first-order valence-corrected chi connectivity index (χ1v) is 7.80. The van der Waals surface area contributed by atoms with Gasteiger partial charge < -0.3 is 11.1 Å². The van der Waals surface area contributed by atoms with Crippen LogP contribution in [-0.2, 0) is 5.41 Å². The van der Waals surface area contributed by atoms with Crippen LogP contribution in [0, 0.1) is 0 Å². The van der Waals surface area contributed by atoms with E-state index in [2.05, 4.69) is 43.0 Å². The fourth-order valence-corrected chi connectivity index (χ4v) is 3.39. The van der Waals surface area contributed by atoms with Crippen LogP contribution in [0.4, 0.5) is 11.6 Å². The van der Waals surface area contributed by atoms with Gasteiger partial charge in [0.05, 0.1) is 0 Å². The Balaban J connectivity index is 2.10. The molecular weight excluding hydrogens is 256 g/mol. The van der Waals surface area contributed by atoms with Crippen molar-refractivity contribution < 1.29 is 0 Å². The number of nitrogens with zero attached hydrogens (tertiary/aromatic N) is 2. The molecule has 2 heterocycles. The molecule has 0 saturated carbocycles. The summed E-state index contributed by atoms with van der Waals surface area (Å²) in [5, 5.41) is 3.43. The Morgan fingerprint density at radius 1 is 1.42 bits per heavy atom. The van der Waals surface area contributed by atoms with E-state index in [0.717, 1.165) is 18.2 Å². The zero-order valence-electron chi connectivity index (χ0n) is 12.3. The Hall–Kier alpha value is -0.970. The molecule has 1 unspecified atom stereocenters. The average molecular weight is 280 g/mol. The number of hydrogen-bond donors (Lipinski definition) is 2. The maximum Gasteiger partial charge on any atom is 0.138 e. The summed E-state index contributed by atoms with van der Waals surface area (Å²) in [7, 11) is 0. The van der Waals surface area contributed by atoms with Crippen LogP contribution >= 0.6 is 11.8 Å². The zero-order valence-corrected chi connectivity index (χ0v) is 13.1. The maximum atomic E-state index is 5.88. The Bertz CT molecular complexity index is 447. The molecule has 1 aliphatic rings. The molecule has 3 N–H and O–H groups in total. The molecule has 1 fully saturated rings. The summed E-state index contributed by atoms with van der Waals surface area (Å²) in [5.74, 6) is 3.43. The third-order valence-electron chi connectivity index (χ3n) is 3.36. The van der Waals surface area contributed by atoms with Crippen molar-refractivity contribution in [1.82, 2.24) is 9.97 Å². The first kappa shape index (κ1) is 14.4. The minimum absolute atomic E-state index is 0.0855. The fraction of sp³-hybridized carbons (Fsp3) is 0.714. The molecule has 1 saturated heterocycles. The molecule has 1 aromatic heterocycles. The summed E-state index contributed by atoms with van der Waals surface area (Å²) in [4.78, 5) is 8.91. The van der Waals surface area contributed by atoms with Crippen LogP contribution < -0.4 is 11.1 Å². The lowest BCUT2D eigenvalue weighted by Gasteiger charge is -2.24. The first-order valence-electron chi connectivity index (χ1n) is 6.81. The predicted molar refractivity (Wildman–Crippen MR) is 83.7 cm³/mol. The van der Waals surface area contributed by atoms with Crippen molar-refractivity contribution in [3.63, 3.8) is 0 Å². The molecule has 1 atom stereocenters. The van der Waals surface area contributed by atoms with E-state index in [-0.39, 0.29) is 5.41 Å². The number of nitrogens with one attached hydrogen (secondary N) is 1. The minimum atomic E-state index is -0.0855. The molecule has 1 aromatic rings. The van der Waals surface area contributed by atoms with Crippen molar-refractivity contribution in [3.8, 4) is 0 Å². The van der Waals surface area contributed by atoms with Gasteiger partial charge in [0, 0.05) is 22.8 Å². The molecule has 0 aromatic carbocycles. The lowest BCUT2D eigenvalue weighted by atomic mass is 9.96. The molecule has 0 spiro atoms. The molecule has 0 bridgehead atoms. The Morgan fingerprint density at radius 2 is 2.16 bits per heavy atom. The van der Waals surface area contributed by atoms with E-state index in [1.54, 1.807) is 0 Å². The monoisotopic (exact) mass is 280 g/mol. The molecule has 0 aliphatic carbocycles. The van der Waals surface area contributed by atoms with Crippen LogP contribution in [-0.4, -0.2) is 27.0 Å². The minimum Gasteiger partial charge on any atom is -0.384 e. The van der Waals surface area contributed by atoms with Gasteiger partial charge in [0.2, 0.25) is 0 Å². The maximum absolute atomic E-state index is 5.88. The molecule has 2 rings (SSSR count). The van der Waals surface area contributed by atoms with Crippen molar-refractivity contribution in [2.75, 3.05) is 23.3 Å². The highest BCUT2D eigenvalue weighted by atomic mass is 32.2. The topological polar surface area (TPSA) is 63.8 Å². The second-order valence-corrected chi connectivity index (χ2v) is 8.19. The van der Waals surface area contributed by atoms with Gasteiger partial charge in [-0.3, -0.25) is 0 Å². The third kappa shape index (κ3) is 3.75. The highest BCUT2D eigenvalue weighted by molar-refractivity contribution is 8.00. The summed E-state index contributed by atoms with van der Waals surface area (Å²) in [6, 6.07) is 1.82. The van der Waals surface area contributed by atoms with Gasteiger partial charge in [-0.2, -0.15) is 11.8 Å². The standard InChI is InChI=1S/C14H24N4S/c1-13(2,3)12-17-10(15)8-11(18-12)16-9-14(4)6-5-7-19-14/h8H,5-7,9H2,1-4H3,(H3,15,16,17,18). The largest absolute Gasteiger partial charge is 0.384 e. The van der Waals surface area contributed by atoms with Crippen molar-refractivity contribution in [1.29, 1.82) is 0 Å². The van der Waals surface area contributed by atoms with Gasteiger partial charge in [-0.05, 0) is 25.5 Å². The molecule has 106 valence electrons. The van der Waals surface area contributed by atoms with E-state index in [4.69, 9.17) is 5.73 Å². The van der Waals surface area contributed by atoms with Gasteiger partial charge in [-0.15, -0.1) is 0 Å². The van der Waals surface area contributed by atoms with Crippen LogP contribution in [0.25, 0.3) is 0 Å². The van der Waals surface area contributed by atoms with E-state index in [0.29, 0.717) is 10.6 Å². The Morgan fingerprint density at radius 3 is 2.74 bits per heavy atom. The quantitative estimate of drug-likeness (QED) is 0.891. The number of hydrogen-bond acceptors (Lipinski definition) is 5. The normalized spacial score (nSPS) is 23.6. The number of rotatable bonds is 3. The Labute approximate surface area is 120 Å². The third-order valence-corrected chi connectivity index (χ3v) is 4.90. The van der Waals surface area contributed by atoms with Crippen LogP contribution in [0.5, 0.6) is 0 Å². The smallest absolute Gasteiger partial charge is 0.138 e. The number of aromatic nitrogens is 2. The van der Waals surface area contributed by atoms with Crippen molar-refractivity contribution in [2.24, 2.45) is 0 Å². The van der Waals surface area contributed by atoms with Crippen molar-refractivity contribution >= 4 is 23.4 Å². The molecule has 4 nitrogen and oxygen atoms in total. The second-order valence-electron chi connectivity index (χ2n) is 6.51. The molecule has 0 radical (unpaired) electrons. The van der Waals surface area contributed by atoms with E-state index in [1.807, 2.05) is 17.8 Å². The number of nitrogen functional groups attached to an aromatic ring is 1. The molecule has 19 heavy (non-hydrogen) atoms. The highest BCUT2D eigenvalue weighted by Crippen LogP contribution is 2.37. The zero-order chi connectivity index (χ0) is 14.1. The summed E-state index contributed by atoms with van der Waals surface area (Å²) in [6.07, 6.45) is 2.57. The van der Waals surface area contributed by atoms with Gasteiger partial charge >= 0.3 is 0 Å². The summed E-state index contributed by atoms with van der Waals surface area (Å²) in [5.41, 5.74) is 5.79. The van der Waals surface area contributed by atoms with E-state index in [9.17, 15) is 0 Å². The van der Waals surface area contributed by atoms with Gasteiger partial charge in [0.15, 0.2) is 0 Å². The van der Waals surface area contributed by atoms with Gasteiger partial charge in [0.1, 0.15) is 17.5 Å². The molecule has 1 aliphatic heterocycles. The molecule has 0 amide bonds. The van der Waals surface area contributed by atoms with Crippen LogP contribution in [0.2, 0.25) is 0 Å². The lowest BCUT2D eigenvalue weighted by Crippen LogP contribution is -2.28. The SMILES string of the molecule is CC1(CNc2cc(N)nc(C(C)(C)C)n2)CCCS1. The van der Waals surface area contributed by atoms with Crippen molar-refractivity contribution in [3.05, 3.63) is 11.9 Å². The molecular formula is C14H24N4S. The van der Waals surface area contributed by atoms with E-state index >= 15 is 0 Å². The average Bonchev–Trinajstić information content (AvgIpc) is 2.72. The Kier molecular flexibility index (Phi) is 3.95. The van der Waals surface area contributed by atoms with Crippen LogP contribution in [0.15, 0.2) is 6.07 Å².